The predicted molar refractivity (Wildman–Crippen MR) is 77.5 cm³/mol. The van der Waals surface area contributed by atoms with Gasteiger partial charge in [-0.05, 0) is 36.3 Å². The number of rotatable bonds is 7. The van der Waals surface area contributed by atoms with E-state index in [1.165, 1.54) is 0 Å². The van der Waals surface area contributed by atoms with Gasteiger partial charge in [-0.15, -0.1) is 5.73 Å². The molecular weight excluding hydrogens is 256 g/mol. The Hall–Kier alpha value is -1.58. The fourth-order valence-corrected chi connectivity index (χ4v) is 1.84. The topological polar surface area (TPSA) is 69.9 Å². The third-order valence-corrected chi connectivity index (χ3v) is 2.79. The van der Waals surface area contributed by atoms with E-state index in [1.807, 2.05) is 0 Å². The summed E-state index contributed by atoms with van der Waals surface area (Å²) in [4.78, 5) is 0. The zero-order valence-corrected chi connectivity index (χ0v) is 11.9. The van der Waals surface area contributed by atoms with E-state index in [9.17, 15) is 15.3 Å². The smallest absolute Gasteiger partial charge is 0.115 e. The van der Waals surface area contributed by atoms with Crippen LogP contribution < -0.4 is 0 Å². The van der Waals surface area contributed by atoms with Crippen molar-refractivity contribution in [3.8, 4) is 5.75 Å². The summed E-state index contributed by atoms with van der Waals surface area (Å²) in [5.74, 6) is 0.177. The number of aliphatic hydroxyl groups is 2. The zero-order chi connectivity index (χ0) is 15.0. The molecule has 0 saturated heterocycles. The van der Waals surface area contributed by atoms with Gasteiger partial charge in [-0.3, -0.25) is 0 Å². The molecule has 0 bridgehead atoms. The molecule has 1 rings (SSSR count). The molecule has 0 aliphatic rings. The molecule has 0 amide bonds. The Morgan fingerprint density at radius 2 is 1.95 bits per heavy atom. The lowest BCUT2D eigenvalue weighted by molar-refractivity contribution is 0.176. The summed E-state index contributed by atoms with van der Waals surface area (Å²) in [6.07, 6.45) is 1.58. The molecule has 0 saturated carbocycles. The monoisotopic (exact) mass is 278 g/mol. The molecular formula is C16H22O4. The van der Waals surface area contributed by atoms with Crippen LogP contribution in [0.3, 0.4) is 0 Å². The minimum Gasteiger partial charge on any atom is -0.508 e. The molecule has 0 unspecified atom stereocenters. The molecule has 1 aromatic rings. The van der Waals surface area contributed by atoms with Crippen LogP contribution in [0.5, 0.6) is 5.75 Å². The normalized spacial score (nSPS) is 13.4. The number of hydrogen-bond donors (Lipinski definition) is 3. The Labute approximate surface area is 119 Å². The summed E-state index contributed by atoms with van der Waals surface area (Å²) in [6.45, 7) is 2.12. The van der Waals surface area contributed by atoms with Gasteiger partial charge in [0.05, 0.1) is 18.8 Å². The van der Waals surface area contributed by atoms with Crippen molar-refractivity contribution in [3.63, 3.8) is 0 Å². The van der Waals surface area contributed by atoms with E-state index < -0.39 is 12.2 Å². The van der Waals surface area contributed by atoms with Crippen molar-refractivity contribution in [3.05, 3.63) is 47.2 Å². The molecule has 4 heteroatoms. The molecule has 110 valence electrons. The van der Waals surface area contributed by atoms with E-state index in [2.05, 4.69) is 5.73 Å². The number of phenols is 1. The van der Waals surface area contributed by atoms with Crippen molar-refractivity contribution in [2.75, 3.05) is 13.7 Å². The number of phenolic OH excluding ortho intramolecular Hbond substituents is 1. The largest absolute Gasteiger partial charge is 0.508 e. The quantitative estimate of drug-likeness (QED) is 0.669. The summed E-state index contributed by atoms with van der Waals surface area (Å²) in [5, 5.41) is 28.5. The van der Waals surface area contributed by atoms with Crippen molar-refractivity contribution in [2.24, 2.45) is 0 Å². The highest BCUT2D eigenvalue weighted by Gasteiger charge is 2.05. The van der Waals surface area contributed by atoms with E-state index in [1.54, 1.807) is 44.4 Å². The maximum Gasteiger partial charge on any atom is 0.115 e. The Morgan fingerprint density at radius 1 is 1.30 bits per heavy atom. The number of aromatic hydroxyl groups is 1. The van der Waals surface area contributed by atoms with E-state index in [4.69, 9.17) is 4.74 Å². The first-order valence-electron chi connectivity index (χ1n) is 6.59. The maximum atomic E-state index is 9.99. The second-order valence-electron chi connectivity index (χ2n) is 4.78. The van der Waals surface area contributed by atoms with Gasteiger partial charge in [0.25, 0.3) is 0 Å². The van der Waals surface area contributed by atoms with Crippen LogP contribution in [-0.4, -0.2) is 35.1 Å². The molecule has 0 radical (unpaired) electrons. The van der Waals surface area contributed by atoms with Gasteiger partial charge in [-0.25, -0.2) is 0 Å². The second-order valence-corrected chi connectivity index (χ2v) is 4.78. The van der Waals surface area contributed by atoms with Crippen LogP contribution in [-0.2, 0) is 4.74 Å². The van der Waals surface area contributed by atoms with Gasteiger partial charge in [0.2, 0.25) is 0 Å². The van der Waals surface area contributed by atoms with Gasteiger partial charge in [0.15, 0.2) is 0 Å². The highest BCUT2D eigenvalue weighted by molar-refractivity contribution is 5.27. The fraction of sp³-hybridized carbons (Fsp3) is 0.438. The minimum atomic E-state index is -0.640. The molecule has 2 atom stereocenters. The van der Waals surface area contributed by atoms with E-state index in [0.717, 1.165) is 11.1 Å². The Bertz CT molecular complexity index is 456. The van der Waals surface area contributed by atoms with Gasteiger partial charge in [-0.1, -0.05) is 12.1 Å². The molecule has 20 heavy (non-hydrogen) atoms. The molecule has 0 aromatic heterocycles. The summed E-state index contributed by atoms with van der Waals surface area (Å²) < 4.78 is 5.04. The van der Waals surface area contributed by atoms with E-state index in [0.29, 0.717) is 19.4 Å². The van der Waals surface area contributed by atoms with Crippen molar-refractivity contribution >= 4 is 0 Å². The van der Waals surface area contributed by atoms with Crippen molar-refractivity contribution in [1.29, 1.82) is 0 Å². The lowest BCUT2D eigenvalue weighted by atomic mass is 10.1. The predicted octanol–water partition coefficient (Wildman–Crippen LogP) is 2.31. The summed E-state index contributed by atoms with van der Waals surface area (Å²) >= 11 is 0. The first-order valence-corrected chi connectivity index (χ1v) is 6.59. The van der Waals surface area contributed by atoms with E-state index >= 15 is 0 Å². The SMILES string of the molecule is COCC(=C=CC[C@@H](O)c1ccc(O)cc1)C[C@H](C)O. The molecule has 3 N–H and O–H groups in total. The lowest BCUT2D eigenvalue weighted by Gasteiger charge is -2.08. The molecule has 1 aromatic carbocycles. The number of methoxy groups -OCH3 is 1. The average molecular weight is 278 g/mol. The van der Waals surface area contributed by atoms with Crippen LogP contribution >= 0.6 is 0 Å². The van der Waals surface area contributed by atoms with Gasteiger partial charge >= 0.3 is 0 Å². The van der Waals surface area contributed by atoms with Gasteiger partial charge < -0.3 is 20.1 Å². The average Bonchev–Trinajstić information content (AvgIpc) is 2.39. The Morgan fingerprint density at radius 3 is 2.50 bits per heavy atom. The molecule has 0 spiro atoms. The lowest BCUT2D eigenvalue weighted by Crippen LogP contribution is -2.04. The van der Waals surface area contributed by atoms with Crippen molar-refractivity contribution in [2.45, 2.75) is 32.0 Å². The first-order chi connectivity index (χ1) is 9.52. The molecule has 0 heterocycles. The van der Waals surface area contributed by atoms with Gasteiger partial charge in [-0.2, -0.15) is 0 Å². The Balaban J connectivity index is 2.66. The van der Waals surface area contributed by atoms with Crippen LogP contribution in [0.15, 0.2) is 41.6 Å². The number of aliphatic hydroxyl groups excluding tert-OH is 2. The molecule has 4 nitrogen and oxygen atoms in total. The van der Waals surface area contributed by atoms with Crippen molar-refractivity contribution < 1.29 is 20.1 Å². The molecule has 0 aliphatic carbocycles. The number of hydrogen-bond acceptors (Lipinski definition) is 4. The second kappa shape index (κ2) is 8.56. The summed E-state index contributed by atoms with van der Waals surface area (Å²) in [5.41, 5.74) is 4.66. The van der Waals surface area contributed by atoms with Gasteiger partial charge in [0, 0.05) is 20.0 Å². The number of benzene rings is 1. The zero-order valence-electron chi connectivity index (χ0n) is 11.9. The third kappa shape index (κ3) is 6.04. The van der Waals surface area contributed by atoms with Crippen molar-refractivity contribution in [1.82, 2.24) is 0 Å². The van der Waals surface area contributed by atoms with Crippen LogP contribution in [0.4, 0.5) is 0 Å². The summed E-state index contributed by atoms with van der Waals surface area (Å²) in [7, 11) is 1.59. The molecule has 0 aliphatic heterocycles. The van der Waals surface area contributed by atoms with Crippen LogP contribution in [0.1, 0.15) is 31.4 Å². The first kappa shape index (κ1) is 16.5. The highest BCUT2D eigenvalue weighted by atomic mass is 16.5. The highest BCUT2D eigenvalue weighted by Crippen LogP contribution is 2.19. The fourth-order valence-electron chi connectivity index (χ4n) is 1.84. The van der Waals surface area contributed by atoms with Crippen LogP contribution in [0, 0.1) is 0 Å². The summed E-state index contributed by atoms with van der Waals surface area (Å²) in [6, 6.07) is 6.45. The Kier molecular flexibility index (Phi) is 7.05. The minimum absolute atomic E-state index is 0.177. The molecule has 0 fully saturated rings. The standard InChI is InChI=1S/C16H22O4/c1-12(17)10-13(11-20-2)4-3-5-16(19)14-6-8-15(18)9-7-14/h3,6-9,12,16-19H,5,10-11H2,1-2H3/t4?,12-,16+/m0/s1. The van der Waals surface area contributed by atoms with Crippen LogP contribution in [0.25, 0.3) is 0 Å². The van der Waals surface area contributed by atoms with Gasteiger partial charge in [0.1, 0.15) is 5.75 Å². The van der Waals surface area contributed by atoms with E-state index in [-0.39, 0.29) is 5.75 Å². The third-order valence-electron chi connectivity index (χ3n) is 2.79. The maximum absolute atomic E-state index is 9.99. The van der Waals surface area contributed by atoms with Crippen LogP contribution in [0.2, 0.25) is 0 Å². The number of ether oxygens (including phenoxy) is 1.